The summed E-state index contributed by atoms with van der Waals surface area (Å²) in [5.41, 5.74) is 1.03. The fourth-order valence-electron chi connectivity index (χ4n) is 2.99. The third-order valence-corrected chi connectivity index (χ3v) is 5.60. The van der Waals surface area contributed by atoms with Gasteiger partial charge in [-0.05, 0) is 50.1 Å². The first-order chi connectivity index (χ1) is 14.1. The zero-order valence-electron chi connectivity index (χ0n) is 17.3. The van der Waals surface area contributed by atoms with Crippen LogP contribution in [0, 0.1) is 17.0 Å². The van der Waals surface area contributed by atoms with Crippen molar-refractivity contribution in [3.8, 4) is 5.75 Å². The number of anilines is 2. The topological polar surface area (TPSA) is 119 Å². The Balaban J connectivity index is 2.39. The number of nitro groups is 1. The zero-order chi connectivity index (χ0) is 22.5. The van der Waals surface area contributed by atoms with Gasteiger partial charge in [0.2, 0.25) is 15.9 Å². The Morgan fingerprint density at radius 2 is 1.83 bits per heavy atom. The number of sulfonamides is 1. The predicted molar refractivity (Wildman–Crippen MR) is 115 cm³/mol. The largest absolute Gasteiger partial charge is 0.494 e. The molecule has 2 aromatic rings. The zero-order valence-corrected chi connectivity index (χ0v) is 18.1. The van der Waals surface area contributed by atoms with Gasteiger partial charge in [-0.1, -0.05) is 13.0 Å². The van der Waals surface area contributed by atoms with Crippen LogP contribution in [0.2, 0.25) is 0 Å². The first kappa shape index (κ1) is 23.1. The molecule has 0 bridgehead atoms. The lowest BCUT2D eigenvalue weighted by molar-refractivity contribution is -0.384. The quantitative estimate of drug-likeness (QED) is 0.476. The third kappa shape index (κ3) is 5.47. The van der Waals surface area contributed by atoms with E-state index in [1.165, 1.54) is 18.2 Å². The molecule has 0 aliphatic rings. The molecule has 1 amide bonds. The summed E-state index contributed by atoms with van der Waals surface area (Å²) in [6, 6.07) is 9.47. The minimum absolute atomic E-state index is 0.171. The van der Waals surface area contributed by atoms with Gasteiger partial charge in [0.05, 0.1) is 29.2 Å². The predicted octanol–water partition coefficient (Wildman–Crippen LogP) is 3.49. The molecule has 0 radical (unpaired) electrons. The first-order valence-electron chi connectivity index (χ1n) is 9.36. The molecule has 0 aromatic heterocycles. The van der Waals surface area contributed by atoms with Crippen LogP contribution in [-0.4, -0.2) is 38.2 Å². The van der Waals surface area contributed by atoms with E-state index in [-0.39, 0.29) is 17.8 Å². The minimum Gasteiger partial charge on any atom is -0.494 e. The summed E-state index contributed by atoms with van der Waals surface area (Å²) in [5.74, 6) is -0.000159. The van der Waals surface area contributed by atoms with Crippen LogP contribution in [0.5, 0.6) is 5.75 Å². The monoisotopic (exact) mass is 435 g/mol. The van der Waals surface area contributed by atoms with Gasteiger partial charge < -0.3 is 10.1 Å². The van der Waals surface area contributed by atoms with Gasteiger partial charge in [0.15, 0.2) is 0 Å². The molecule has 0 fully saturated rings. The maximum absolute atomic E-state index is 13.0. The lowest BCUT2D eigenvalue weighted by Gasteiger charge is -2.30. The number of benzene rings is 2. The second-order valence-electron chi connectivity index (χ2n) is 6.66. The summed E-state index contributed by atoms with van der Waals surface area (Å²) in [7, 11) is -3.80. The highest BCUT2D eigenvalue weighted by Gasteiger charge is 2.32. The van der Waals surface area contributed by atoms with Crippen molar-refractivity contribution < 1.29 is 22.9 Å². The number of nitro benzene ring substituents is 1. The van der Waals surface area contributed by atoms with Crippen molar-refractivity contribution in [2.45, 2.75) is 33.2 Å². The summed E-state index contributed by atoms with van der Waals surface area (Å²) >= 11 is 0. The molecule has 30 heavy (non-hydrogen) atoms. The molecular formula is C20H25N3O6S. The van der Waals surface area contributed by atoms with E-state index in [4.69, 9.17) is 4.74 Å². The van der Waals surface area contributed by atoms with E-state index in [1.807, 2.05) is 6.92 Å². The molecule has 0 spiro atoms. The van der Waals surface area contributed by atoms with Crippen molar-refractivity contribution in [1.82, 2.24) is 0 Å². The van der Waals surface area contributed by atoms with E-state index in [1.54, 1.807) is 38.1 Å². The van der Waals surface area contributed by atoms with Crippen molar-refractivity contribution in [3.63, 3.8) is 0 Å². The SMILES string of the molecule is CCOc1ccc(N([C@@H](CC)C(=O)Nc2cc([N+](=O)[O-])ccc2C)S(C)(=O)=O)cc1. The smallest absolute Gasteiger partial charge is 0.271 e. The third-order valence-electron chi connectivity index (χ3n) is 4.42. The van der Waals surface area contributed by atoms with E-state index in [9.17, 15) is 23.3 Å². The number of carbonyl (C=O) groups is 1. The summed E-state index contributed by atoms with van der Waals surface area (Å²) < 4.78 is 31.5. The number of aryl methyl sites for hydroxylation is 1. The van der Waals surface area contributed by atoms with Gasteiger partial charge in [0.1, 0.15) is 11.8 Å². The maximum Gasteiger partial charge on any atom is 0.271 e. The Bertz CT molecular complexity index is 1020. The summed E-state index contributed by atoms with van der Waals surface area (Å²) in [4.78, 5) is 23.5. The summed E-state index contributed by atoms with van der Waals surface area (Å²) in [6.45, 7) is 5.69. The van der Waals surface area contributed by atoms with Crippen LogP contribution >= 0.6 is 0 Å². The van der Waals surface area contributed by atoms with Gasteiger partial charge >= 0.3 is 0 Å². The van der Waals surface area contributed by atoms with Gasteiger partial charge in [0.25, 0.3) is 5.69 Å². The molecule has 2 rings (SSSR count). The van der Waals surface area contributed by atoms with Crippen molar-refractivity contribution in [1.29, 1.82) is 0 Å². The standard InChI is InChI=1S/C20H25N3O6S/c1-5-19(20(24)21-18-13-16(23(25)26)8-7-14(18)3)22(30(4,27)28)15-9-11-17(12-10-15)29-6-2/h7-13,19H,5-6H2,1-4H3,(H,21,24)/t19-/m0/s1. The van der Waals surface area contributed by atoms with Crippen molar-refractivity contribution in [2.75, 3.05) is 22.5 Å². The van der Waals surface area contributed by atoms with Crippen LogP contribution < -0.4 is 14.4 Å². The van der Waals surface area contributed by atoms with Crippen LogP contribution in [0.15, 0.2) is 42.5 Å². The molecule has 1 N–H and O–H groups in total. The number of hydrogen-bond acceptors (Lipinski definition) is 6. The van der Waals surface area contributed by atoms with Gasteiger partial charge in [-0.3, -0.25) is 19.2 Å². The van der Waals surface area contributed by atoms with Crippen LogP contribution in [0.1, 0.15) is 25.8 Å². The van der Waals surface area contributed by atoms with Gasteiger partial charge in [-0.2, -0.15) is 0 Å². The summed E-state index contributed by atoms with van der Waals surface area (Å²) in [6.07, 6.45) is 1.22. The number of carbonyl (C=O) groups excluding carboxylic acids is 1. The van der Waals surface area contributed by atoms with E-state index in [0.29, 0.717) is 23.6 Å². The molecule has 0 aliphatic heterocycles. The Morgan fingerprint density at radius 1 is 1.20 bits per heavy atom. The Morgan fingerprint density at radius 3 is 2.33 bits per heavy atom. The number of non-ortho nitro benzene ring substituents is 1. The van der Waals surface area contributed by atoms with Crippen LogP contribution in [0.4, 0.5) is 17.1 Å². The fourth-order valence-corrected chi connectivity index (χ4v) is 4.20. The summed E-state index contributed by atoms with van der Waals surface area (Å²) in [5, 5.41) is 13.7. The van der Waals surface area contributed by atoms with Crippen LogP contribution in [0.25, 0.3) is 0 Å². The Kier molecular flexibility index (Phi) is 7.38. The molecule has 10 heteroatoms. The lowest BCUT2D eigenvalue weighted by Crippen LogP contribution is -2.47. The number of nitrogens with zero attached hydrogens (tertiary/aromatic N) is 2. The fraction of sp³-hybridized carbons (Fsp3) is 0.350. The Hall–Kier alpha value is -3.14. The molecular weight excluding hydrogens is 410 g/mol. The van der Waals surface area contributed by atoms with Crippen LogP contribution in [0.3, 0.4) is 0 Å². The number of rotatable bonds is 9. The van der Waals surface area contributed by atoms with E-state index < -0.39 is 26.9 Å². The van der Waals surface area contributed by atoms with E-state index >= 15 is 0 Å². The second kappa shape index (κ2) is 9.57. The molecule has 0 aliphatic carbocycles. The average Bonchev–Trinajstić information content (AvgIpc) is 2.67. The molecule has 1 atom stereocenters. The highest BCUT2D eigenvalue weighted by molar-refractivity contribution is 7.92. The van der Waals surface area contributed by atoms with Gasteiger partial charge in [-0.15, -0.1) is 0 Å². The van der Waals surface area contributed by atoms with E-state index in [0.717, 1.165) is 10.6 Å². The first-order valence-corrected chi connectivity index (χ1v) is 11.2. The molecule has 2 aromatic carbocycles. The van der Waals surface area contributed by atoms with Gasteiger partial charge in [-0.25, -0.2) is 8.42 Å². The highest BCUT2D eigenvalue weighted by Crippen LogP contribution is 2.27. The normalized spacial score (nSPS) is 12.1. The molecule has 9 nitrogen and oxygen atoms in total. The lowest BCUT2D eigenvalue weighted by atomic mass is 10.1. The molecule has 0 saturated heterocycles. The highest BCUT2D eigenvalue weighted by atomic mass is 32.2. The molecule has 162 valence electrons. The van der Waals surface area contributed by atoms with Crippen molar-refractivity contribution in [2.24, 2.45) is 0 Å². The molecule has 0 heterocycles. The number of ether oxygens (including phenoxy) is 1. The average molecular weight is 436 g/mol. The van der Waals surface area contributed by atoms with Crippen LogP contribution in [-0.2, 0) is 14.8 Å². The maximum atomic E-state index is 13.0. The molecule has 0 unspecified atom stereocenters. The minimum atomic E-state index is -3.80. The Labute approximate surface area is 175 Å². The molecule has 0 saturated carbocycles. The van der Waals surface area contributed by atoms with Crippen molar-refractivity contribution >= 4 is 33.0 Å². The van der Waals surface area contributed by atoms with Crippen molar-refractivity contribution in [3.05, 3.63) is 58.1 Å². The van der Waals surface area contributed by atoms with Gasteiger partial charge in [0, 0.05) is 12.1 Å². The number of hydrogen-bond donors (Lipinski definition) is 1. The van der Waals surface area contributed by atoms with E-state index in [2.05, 4.69) is 5.32 Å². The number of nitrogens with one attached hydrogen (secondary N) is 1. The number of amides is 1. The second-order valence-corrected chi connectivity index (χ2v) is 8.51.